The first-order valence-electron chi connectivity index (χ1n) is 8.34. The van der Waals surface area contributed by atoms with Gasteiger partial charge in [0.15, 0.2) is 5.69 Å². The topological polar surface area (TPSA) is 46.3 Å². The van der Waals surface area contributed by atoms with Gasteiger partial charge in [-0.05, 0) is 25.3 Å². The van der Waals surface area contributed by atoms with E-state index in [-0.39, 0.29) is 17.0 Å². The van der Waals surface area contributed by atoms with Gasteiger partial charge in [-0.2, -0.15) is 11.8 Å². The molecule has 1 unspecified atom stereocenters. The minimum atomic E-state index is -0.166. The first-order chi connectivity index (χ1) is 11.7. The lowest BCUT2D eigenvalue weighted by Gasteiger charge is -2.19. The molecular weight excluding hydrogens is 327 g/mol. The van der Waals surface area contributed by atoms with E-state index in [1.165, 1.54) is 6.07 Å². The molecule has 0 bridgehead atoms. The van der Waals surface area contributed by atoms with E-state index in [1.54, 1.807) is 23.9 Å². The number of halogens is 1. The van der Waals surface area contributed by atoms with Crippen LogP contribution in [0, 0.1) is 5.82 Å². The van der Waals surface area contributed by atoms with Crippen molar-refractivity contribution in [3.63, 3.8) is 0 Å². The molecule has 2 aromatic rings. The van der Waals surface area contributed by atoms with Crippen LogP contribution < -0.4 is 0 Å². The van der Waals surface area contributed by atoms with Crippen LogP contribution in [0.1, 0.15) is 52.2 Å². The van der Waals surface area contributed by atoms with Gasteiger partial charge < -0.3 is 9.42 Å². The summed E-state index contributed by atoms with van der Waals surface area (Å²) >= 11 is 1.71. The molecule has 4 nitrogen and oxygen atoms in total. The summed E-state index contributed by atoms with van der Waals surface area (Å²) in [6.07, 6.45) is 2.98. The Kier molecular flexibility index (Phi) is 4.31. The van der Waals surface area contributed by atoms with Gasteiger partial charge in [-0.1, -0.05) is 23.4 Å². The second-order valence-corrected chi connectivity index (χ2v) is 7.66. The maximum absolute atomic E-state index is 14.0. The van der Waals surface area contributed by atoms with Crippen LogP contribution in [0.15, 0.2) is 34.9 Å². The second kappa shape index (κ2) is 6.59. The van der Waals surface area contributed by atoms with Crippen molar-refractivity contribution >= 4 is 17.7 Å². The minimum absolute atomic E-state index is 0.0829. The molecule has 2 fully saturated rings. The molecule has 126 valence electrons. The minimum Gasteiger partial charge on any atom is -0.360 e. The van der Waals surface area contributed by atoms with Gasteiger partial charge in [0.1, 0.15) is 11.6 Å². The van der Waals surface area contributed by atoms with Crippen LogP contribution >= 0.6 is 11.8 Å². The summed E-state index contributed by atoms with van der Waals surface area (Å²) in [5.41, 5.74) is 1.13. The van der Waals surface area contributed by atoms with Gasteiger partial charge in [0, 0.05) is 41.6 Å². The molecule has 2 heterocycles. The average molecular weight is 346 g/mol. The molecule has 0 radical (unpaired) electrons. The number of carbonyl (C=O) groups excluding carboxylic acids is 1. The molecule has 1 saturated carbocycles. The van der Waals surface area contributed by atoms with Crippen LogP contribution in [-0.2, 0) is 0 Å². The van der Waals surface area contributed by atoms with Crippen LogP contribution in [0.25, 0.3) is 0 Å². The highest BCUT2D eigenvalue weighted by Crippen LogP contribution is 2.40. The van der Waals surface area contributed by atoms with Crippen molar-refractivity contribution in [3.05, 3.63) is 53.2 Å². The van der Waals surface area contributed by atoms with Crippen molar-refractivity contribution in [2.45, 2.75) is 30.4 Å². The van der Waals surface area contributed by atoms with E-state index in [0.29, 0.717) is 24.7 Å². The first kappa shape index (κ1) is 15.7. The summed E-state index contributed by atoms with van der Waals surface area (Å²) in [6.45, 7) is 1.26. The van der Waals surface area contributed by atoms with Gasteiger partial charge in [-0.25, -0.2) is 4.39 Å². The van der Waals surface area contributed by atoms with Crippen molar-refractivity contribution in [1.82, 2.24) is 10.1 Å². The number of amides is 1. The first-order valence-corrected chi connectivity index (χ1v) is 9.39. The standard InChI is InChI=1S/C18H19FN2O2S/c19-14-4-2-1-3-13(14)17-7-8-21(9-10-24-17)18(22)15-11-16(23-20-15)12-5-6-12/h1-4,11-12,17H,5-10H2. The Bertz CT molecular complexity index is 744. The Morgan fingerprint density at radius 1 is 1.25 bits per heavy atom. The summed E-state index contributed by atoms with van der Waals surface area (Å²) in [5.74, 6) is 1.81. The lowest BCUT2D eigenvalue weighted by Crippen LogP contribution is -2.33. The largest absolute Gasteiger partial charge is 0.360 e. The van der Waals surface area contributed by atoms with Crippen molar-refractivity contribution in [1.29, 1.82) is 0 Å². The van der Waals surface area contributed by atoms with Crippen LogP contribution in [0.4, 0.5) is 4.39 Å². The summed E-state index contributed by atoms with van der Waals surface area (Å²) in [5, 5.41) is 4.03. The van der Waals surface area contributed by atoms with Crippen LogP contribution in [0.2, 0.25) is 0 Å². The number of aromatic nitrogens is 1. The maximum atomic E-state index is 14.0. The number of nitrogens with zero attached hydrogens (tertiary/aromatic N) is 2. The Morgan fingerprint density at radius 2 is 2.08 bits per heavy atom. The SMILES string of the molecule is O=C(c1cc(C2CC2)on1)N1CCSC(c2ccccc2F)CC1. The third-order valence-corrected chi connectivity index (χ3v) is 5.92. The average Bonchev–Trinajstić information content (AvgIpc) is 3.37. The van der Waals surface area contributed by atoms with E-state index in [0.717, 1.165) is 36.3 Å². The quantitative estimate of drug-likeness (QED) is 0.842. The molecule has 1 atom stereocenters. The molecule has 4 rings (SSSR count). The Morgan fingerprint density at radius 3 is 2.88 bits per heavy atom. The molecule has 1 aliphatic carbocycles. The summed E-state index contributed by atoms with van der Waals surface area (Å²) in [6, 6.07) is 8.69. The van der Waals surface area contributed by atoms with Gasteiger partial charge >= 0.3 is 0 Å². The molecule has 1 aliphatic heterocycles. The van der Waals surface area contributed by atoms with Crippen molar-refractivity contribution < 1.29 is 13.7 Å². The molecule has 1 aromatic heterocycles. The van der Waals surface area contributed by atoms with E-state index >= 15 is 0 Å². The fraction of sp³-hybridized carbons (Fsp3) is 0.444. The van der Waals surface area contributed by atoms with Crippen molar-refractivity contribution in [2.75, 3.05) is 18.8 Å². The van der Waals surface area contributed by atoms with E-state index in [9.17, 15) is 9.18 Å². The number of thioether (sulfide) groups is 1. The predicted molar refractivity (Wildman–Crippen MR) is 90.6 cm³/mol. The third-order valence-electron chi connectivity index (χ3n) is 4.61. The number of rotatable bonds is 3. The maximum Gasteiger partial charge on any atom is 0.276 e. The van der Waals surface area contributed by atoms with E-state index in [2.05, 4.69) is 5.16 Å². The highest BCUT2D eigenvalue weighted by atomic mass is 32.2. The second-order valence-electron chi connectivity index (χ2n) is 6.35. The lowest BCUT2D eigenvalue weighted by molar-refractivity contribution is 0.0756. The molecule has 1 amide bonds. The zero-order chi connectivity index (χ0) is 16.5. The highest BCUT2D eigenvalue weighted by molar-refractivity contribution is 7.99. The fourth-order valence-electron chi connectivity index (χ4n) is 3.07. The monoisotopic (exact) mass is 346 g/mol. The molecule has 6 heteroatoms. The highest BCUT2D eigenvalue weighted by Gasteiger charge is 2.30. The van der Waals surface area contributed by atoms with Crippen molar-refractivity contribution in [3.8, 4) is 0 Å². The third kappa shape index (κ3) is 3.20. The molecule has 1 aromatic carbocycles. The van der Waals surface area contributed by atoms with Crippen LogP contribution in [0.3, 0.4) is 0 Å². The molecular formula is C18H19FN2O2S. The van der Waals surface area contributed by atoms with Gasteiger partial charge in [0.05, 0.1) is 0 Å². The number of benzene rings is 1. The smallest absolute Gasteiger partial charge is 0.276 e. The summed E-state index contributed by atoms with van der Waals surface area (Å²) < 4.78 is 19.3. The number of hydrogen-bond acceptors (Lipinski definition) is 4. The van der Waals surface area contributed by atoms with E-state index in [1.807, 2.05) is 17.0 Å². The Labute approximate surface area is 144 Å². The number of carbonyl (C=O) groups is 1. The predicted octanol–water partition coefficient (Wildman–Crippen LogP) is 4.01. The molecule has 2 aliphatic rings. The lowest BCUT2D eigenvalue weighted by atomic mass is 10.1. The van der Waals surface area contributed by atoms with Crippen LogP contribution in [0.5, 0.6) is 0 Å². The number of hydrogen-bond donors (Lipinski definition) is 0. The van der Waals surface area contributed by atoms with Gasteiger partial charge in [-0.3, -0.25) is 4.79 Å². The van der Waals surface area contributed by atoms with Crippen LogP contribution in [-0.4, -0.2) is 34.8 Å². The summed E-state index contributed by atoms with van der Waals surface area (Å²) in [4.78, 5) is 14.4. The normalized spacial score (nSPS) is 21.5. The molecule has 0 spiro atoms. The fourth-order valence-corrected chi connectivity index (χ4v) is 4.32. The Balaban J connectivity index is 1.44. The molecule has 1 saturated heterocycles. The summed E-state index contributed by atoms with van der Waals surface area (Å²) in [7, 11) is 0. The zero-order valence-corrected chi connectivity index (χ0v) is 14.1. The van der Waals surface area contributed by atoms with Gasteiger partial charge in [0.2, 0.25) is 0 Å². The molecule has 0 N–H and O–H groups in total. The van der Waals surface area contributed by atoms with Gasteiger partial charge in [-0.15, -0.1) is 0 Å². The van der Waals surface area contributed by atoms with Crippen molar-refractivity contribution in [2.24, 2.45) is 0 Å². The van der Waals surface area contributed by atoms with Gasteiger partial charge in [0.25, 0.3) is 5.91 Å². The molecule has 24 heavy (non-hydrogen) atoms. The van der Waals surface area contributed by atoms with E-state index in [4.69, 9.17) is 4.52 Å². The zero-order valence-electron chi connectivity index (χ0n) is 13.3. The van der Waals surface area contributed by atoms with E-state index < -0.39 is 0 Å². The Hall–Kier alpha value is -1.82.